The van der Waals surface area contributed by atoms with Crippen LogP contribution in [-0.2, 0) is 11.0 Å². The molecule has 0 N–H and O–H groups in total. The van der Waals surface area contributed by atoms with Gasteiger partial charge in [0.05, 0.1) is 5.56 Å². The van der Waals surface area contributed by atoms with Gasteiger partial charge in [-0.3, -0.25) is 4.79 Å². The number of ketones is 1. The van der Waals surface area contributed by atoms with E-state index in [4.69, 9.17) is 11.6 Å². The quantitative estimate of drug-likeness (QED) is 0.607. The zero-order valence-corrected chi connectivity index (χ0v) is 10.7. The molecule has 1 unspecified atom stereocenters. The van der Waals surface area contributed by atoms with E-state index in [9.17, 15) is 18.0 Å². The summed E-state index contributed by atoms with van der Waals surface area (Å²) in [6.45, 7) is 1.17. The van der Waals surface area contributed by atoms with Gasteiger partial charge >= 0.3 is 6.18 Å². The van der Waals surface area contributed by atoms with Gasteiger partial charge in [-0.25, -0.2) is 0 Å². The Labute approximate surface area is 106 Å². The van der Waals surface area contributed by atoms with Gasteiger partial charge in [0.25, 0.3) is 0 Å². The number of thioether (sulfide) groups is 1. The van der Waals surface area contributed by atoms with Crippen molar-refractivity contribution < 1.29 is 18.0 Å². The van der Waals surface area contributed by atoms with Crippen LogP contribution >= 0.6 is 23.4 Å². The molecule has 0 saturated carbocycles. The first-order chi connectivity index (χ1) is 7.77. The lowest BCUT2D eigenvalue weighted by atomic mass is 10.0. The Bertz CT molecular complexity index is 431. The zero-order chi connectivity index (χ0) is 13.2. The lowest BCUT2D eigenvalue weighted by Crippen LogP contribution is -2.13. The largest absolute Gasteiger partial charge is 0.416 e. The monoisotopic (exact) mass is 282 g/mol. The van der Waals surface area contributed by atoms with E-state index >= 15 is 0 Å². The number of halogens is 4. The summed E-state index contributed by atoms with van der Waals surface area (Å²) in [4.78, 5) is 11.8. The average molecular weight is 283 g/mol. The maximum Gasteiger partial charge on any atom is 0.416 e. The Morgan fingerprint density at radius 3 is 2.41 bits per heavy atom. The van der Waals surface area contributed by atoms with E-state index in [-0.39, 0.29) is 5.56 Å². The van der Waals surface area contributed by atoms with Gasteiger partial charge < -0.3 is 0 Å². The Morgan fingerprint density at radius 2 is 2.00 bits per heavy atom. The molecule has 0 aromatic heterocycles. The Hall–Kier alpha value is -0.680. The molecular formula is C11H10ClF3OS. The molecule has 1 rings (SSSR count). The third-order valence-electron chi connectivity index (χ3n) is 2.19. The fourth-order valence-electron chi connectivity index (χ4n) is 1.35. The minimum atomic E-state index is -4.51. The third kappa shape index (κ3) is 3.39. The highest BCUT2D eigenvalue weighted by atomic mass is 35.5. The van der Waals surface area contributed by atoms with Crippen LogP contribution in [0.25, 0.3) is 0 Å². The summed E-state index contributed by atoms with van der Waals surface area (Å²) in [7, 11) is 0. The van der Waals surface area contributed by atoms with Crippen molar-refractivity contribution in [3.05, 3.63) is 29.3 Å². The van der Waals surface area contributed by atoms with Crippen molar-refractivity contribution in [2.24, 2.45) is 0 Å². The SMILES string of the molecule is CSc1ccc(C(F)(F)F)c(C(Cl)C(C)=O)c1. The molecule has 6 heteroatoms. The number of carbonyl (C=O) groups is 1. The molecule has 0 spiro atoms. The number of carbonyl (C=O) groups excluding carboxylic acids is 1. The van der Waals surface area contributed by atoms with Crippen molar-refractivity contribution in [3.63, 3.8) is 0 Å². The summed E-state index contributed by atoms with van der Waals surface area (Å²) < 4.78 is 38.2. The summed E-state index contributed by atoms with van der Waals surface area (Å²) >= 11 is 7.02. The van der Waals surface area contributed by atoms with Gasteiger partial charge in [0.2, 0.25) is 0 Å². The zero-order valence-electron chi connectivity index (χ0n) is 9.14. The highest BCUT2D eigenvalue weighted by Crippen LogP contribution is 2.38. The van der Waals surface area contributed by atoms with Gasteiger partial charge in [-0.15, -0.1) is 23.4 Å². The second-order valence-corrected chi connectivity index (χ2v) is 4.74. The topological polar surface area (TPSA) is 17.1 Å². The van der Waals surface area contributed by atoms with E-state index < -0.39 is 22.9 Å². The molecule has 94 valence electrons. The predicted octanol–water partition coefficient (Wildman–Crippen LogP) is 4.30. The summed E-state index contributed by atoms with van der Waals surface area (Å²) in [6, 6.07) is 3.63. The first-order valence-corrected chi connectivity index (χ1v) is 6.33. The second kappa shape index (κ2) is 5.31. The van der Waals surface area contributed by atoms with E-state index in [1.807, 2.05) is 0 Å². The van der Waals surface area contributed by atoms with Crippen LogP contribution in [0.1, 0.15) is 23.4 Å². The van der Waals surface area contributed by atoms with Crippen LogP contribution in [0, 0.1) is 0 Å². The number of Topliss-reactive ketones (excluding diaryl/α,β-unsaturated/α-hetero) is 1. The van der Waals surface area contributed by atoms with Gasteiger partial charge in [0.15, 0.2) is 5.78 Å². The van der Waals surface area contributed by atoms with Gasteiger partial charge in [0.1, 0.15) is 5.38 Å². The number of alkyl halides is 4. The van der Waals surface area contributed by atoms with Crippen molar-refractivity contribution in [3.8, 4) is 0 Å². The minimum Gasteiger partial charge on any atom is -0.298 e. The Balaban J connectivity index is 3.36. The van der Waals surface area contributed by atoms with Crippen LogP contribution in [0.15, 0.2) is 23.1 Å². The van der Waals surface area contributed by atoms with Crippen molar-refractivity contribution in [2.45, 2.75) is 23.4 Å². The van der Waals surface area contributed by atoms with Crippen molar-refractivity contribution >= 4 is 29.1 Å². The van der Waals surface area contributed by atoms with Gasteiger partial charge in [-0.05, 0) is 36.9 Å². The average Bonchev–Trinajstić information content (AvgIpc) is 2.25. The van der Waals surface area contributed by atoms with E-state index in [1.54, 1.807) is 6.26 Å². The number of hydrogen-bond acceptors (Lipinski definition) is 2. The maximum absolute atomic E-state index is 12.7. The molecule has 0 amide bonds. The lowest BCUT2D eigenvalue weighted by Gasteiger charge is -2.16. The highest BCUT2D eigenvalue weighted by Gasteiger charge is 2.35. The van der Waals surface area contributed by atoms with Gasteiger partial charge in [-0.2, -0.15) is 13.2 Å². The van der Waals surface area contributed by atoms with E-state index in [2.05, 4.69) is 0 Å². The van der Waals surface area contributed by atoms with E-state index in [1.165, 1.54) is 30.8 Å². The molecule has 0 aliphatic carbocycles. The highest BCUT2D eigenvalue weighted by molar-refractivity contribution is 7.98. The fraction of sp³-hybridized carbons (Fsp3) is 0.364. The van der Waals surface area contributed by atoms with Crippen LogP contribution < -0.4 is 0 Å². The molecule has 1 aromatic rings. The third-order valence-corrected chi connectivity index (χ3v) is 3.46. The van der Waals surface area contributed by atoms with Gasteiger partial charge in [0, 0.05) is 4.90 Å². The number of hydrogen-bond donors (Lipinski definition) is 0. The molecule has 1 nitrogen and oxygen atoms in total. The minimum absolute atomic E-state index is 0.182. The van der Waals surface area contributed by atoms with Crippen molar-refractivity contribution in [1.29, 1.82) is 0 Å². The maximum atomic E-state index is 12.7. The summed E-state index contributed by atoms with van der Waals surface area (Å²) in [6.07, 6.45) is -2.77. The number of benzene rings is 1. The molecule has 0 radical (unpaired) electrons. The molecule has 0 aliphatic heterocycles. The van der Waals surface area contributed by atoms with E-state index in [0.29, 0.717) is 4.90 Å². The molecule has 0 heterocycles. The van der Waals surface area contributed by atoms with Gasteiger partial charge in [-0.1, -0.05) is 0 Å². The van der Waals surface area contributed by atoms with E-state index in [0.717, 1.165) is 6.07 Å². The van der Waals surface area contributed by atoms with Crippen molar-refractivity contribution in [1.82, 2.24) is 0 Å². The molecular weight excluding hydrogens is 273 g/mol. The summed E-state index contributed by atoms with van der Waals surface area (Å²) in [5.74, 6) is -0.504. The molecule has 0 fully saturated rings. The number of rotatable bonds is 3. The van der Waals surface area contributed by atoms with Crippen LogP contribution in [0.4, 0.5) is 13.2 Å². The van der Waals surface area contributed by atoms with Crippen LogP contribution in [0.5, 0.6) is 0 Å². The smallest absolute Gasteiger partial charge is 0.298 e. The lowest BCUT2D eigenvalue weighted by molar-refractivity contribution is -0.138. The predicted molar refractivity (Wildman–Crippen MR) is 62.5 cm³/mol. The standard InChI is InChI=1S/C11H10ClF3OS/c1-6(16)10(12)8-5-7(17-2)3-4-9(8)11(13,14)15/h3-5,10H,1-2H3. The molecule has 0 bridgehead atoms. The second-order valence-electron chi connectivity index (χ2n) is 3.42. The first kappa shape index (κ1) is 14.4. The van der Waals surface area contributed by atoms with Crippen LogP contribution in [0.2, 0.25) is 0 Å². The van der Waals surface area contributed by atoms with Crippen LogP contribution in [-0.4, -0.2) is 12.0 Å². The normalized spacial score (nSPS) is 13.5. The summed E-state index contributed by atoms with van der Waals surface area (Å²) in [5.41, 5.74) is -1.04. The van der Waals surface area contributed by atoms with Crippen molar-refractivity contribution in [2.75, 3.05) is 6.26 Å². The van der Waals surface area contributed by atoms with Crippen LogP contribution in [0.3, 0.4) is 0 Å². The Kier molecular flexibility index (Phi) is 4.49. The molecule has 0 saturated heterocycles. The first-order valence-electron chi connectivity index (χ1n) is 4.67. The molecule has 0 aliphatic rings. The molecule has 17 heavy (non-hydrogen) atoms. The summed E-state index contributed by atoms with van der Waals surface area (Å²) in [5, 5.41) is -1.27. The Morgan fingerprint density at radius 1 is 1.41 bits per heavy atom. The fourth-order valence-corrected chi connectivity index (χ4v) is 1.98. The molecule has 1 aromatic carbocycles. The molecule has 1 atom stereocenters.